The molecule has 4 aliphatic carbocycles. The van der Waals surface area contributed by atoms with E-state index in [1.807, 2.05) is 6.92 Å². The molecule has 26 heavy (non-hydrogen) atoms. The first-order chi connectivity index (χ1) is 12.4. The summed E-state index contributed by atoms with van der Waals surface area (Å²) in [5.41, 5.74) is 0.253. The standard InChI is InChI=1S/C22H34O4/c1-12-11-22-9-6-15-20(3,4)8-7-17(26-13(2)23)21(15,5)16(22)10-14(24)18(12)19(22)25/h11,14-19,24-25H,6-10H2,1-5H3/t14-,15-,16+,17+,18-,19-,21-,22+/m1/s1/i14D. The number of ether oxygens (including phenoxy) is 1. The largest absolute Gasteiger partial charge is 0.462 e. The highest BCUT2D eigenvalue weighted by Gasteiger charge is 2.69. The van der Waals surface area contributed by atoms with Crippen molar-refractivity contribution >= 4 is 5.97 Å². The van der Waals surface area contributed by atoms with Crippen LogP contribution in [0.25, 0.3) is 0 Å². The molecule has 3 saturated carbocycles. The van der Waals surface area contributed by atoms with Gasteiger partial charge in [0.25, 0.3) is 0 Å². The summed E-state index contributed by atoms with van der Waals surface area (Å²) in [6, 6.07) is 0. The summed E-state index contributed by atoms with van der Waals surface area (Å²) in [5, 5.41) is 22.3. The summed E-state index contributed by atoms with van der Waals surface area (Å²) in [6.07, 6.45) is 3.47. The number of carbonyl (C=O) groups excluding carboxylic acids is 1. The van der Waals surface area contributed by atoms with Gasteiger partial charge in [0.15, 0.2) is 0 Å². The van der Waals surface area contributed by atoms with Crippen molar-refractivity contribution in [3.05, 3.63) is 11.6 Å². The zero-order valence-electron chi connectivity index (χ0n) is 17.7. The molecule has 0 aliphatic heterocycles. The lowest BCUT2D eigenvalue weighted by atomic mass is 9.39. The van der Waals surface area contributed by atoms with Gasteiger partial charge in [-0.3, -0.25) is 4.79 Å². The number of hydrogen-bond donors (Lipinski definition) is 2. The average molecular weight is 364 g/mol. The van der Waals surface area contributed by atoms with Crippen LogP contribution in [0, 0.1) is 34.0 Å². The molecular weight excluding hydrogens is 328 g/mol. The lowest BCUT2D eigenvalue weighted by molar-refractivity contribution is -0.235. The fourth-order valence-electron chi connectivity index (χ4n) is 7.63. The fraction of sp³-hybridized carbons (Fsp3) is 0.864. The molecule has 3 fully saturated rings. The topological polar surface area (TPSA) is 66.8 Å². The van der Waals surface area contributed by atoms with Gasteiger partial charge in [0, 0.05) is 23.7 Å². The van der Waals surface area contributed by atoms with E-state index in [2.05, 4.69) is 26.8 Å². The molecule has 0 amide bonds. The predicted molar refractivity (Wildman–Crippen MR) is 99.2 cm³/mol. The van der Waals surface area contributed by atoms with E-state index in [1.54, 1.807) is 0 Å². The van der Waals surface area contributed by atoms with Crippen LogP contribution in [0.3, 0.4) is 0 Å². The van der Waals surface area contributed by atoms with Gasteiger partial charge in [-0.25, -0.2) is 0 Å². The number of carbonyl (C=O) groups is 1. The Morgan fingerprint density at radius 1 is 1.23 bits per heavy atom. The molecule has 0 heterocycles. The minimum atomic E-state index is -1.68. The summed E-state index contributed by atoms with van der Waals surface area (Å²) in [5.74, 6) is -0.544. The Hall–Kier alpha value is -0.870. The van der Waals surface area contributed by atoms with E-state index in [0.717, 1.165) is 31.3 Å². The van der Waals surface area contributed by atoms with Gasteiger partial charge in [-0.05, 0) is 56.3 Å². The van der Waals surface area contributed by atoms with E-state index in [1.165, 1.54) is 6.92 Å². The molecular formula is C22H34O4. The summed E-state index contributed by atoms with van der Waals surface area (Å²) in [4.78, 5) is 11.9. The Kier molecular flexibility index (Phi) is 3.70. The maximum atomic E-state index is 11.9. The number of hydrogen-bond acceptors (Lipinski definition) is 4. The molecule has 4 heteroatoms. The van der Waals surface area contributed by atoms with Crippen molar-refractivity contribution in [1.29, 1.82) is 0 Å². The highest BCUT2D eigenvalue weighted by molar-refractivity contribution is 5.66. The van der Waals surface area contributed by atoms with Crippen molar-refractivity contribution in [2.75, 3.05) is 0 Å². The Morgan fingerprint density at radius 3 is 2.58 bits per heavy atom. The molecule has 2 bridgehead atoms. The minimum Gasteiger partial charge on any atom is -0.462 e. The van der Waals surface area contributed by atoms with Crippen molar-refractivity contribution < 1.29 is 21.1 Å². The summed E-state index contributed by atoms with van der Waals surface area (Å²) < 4.78 is 14.5. The number of esters is 1. The second kappa shape index (κ2) is 5.57. The molecule has 0 aromatic carbocycles. The fourth-order valence-corrected chi connectivity index (χ4v) is 7.63. The van der Waals surface area contributed by atoms with E-state index in [9.17, 15) is 15.0 Å². The number of aliphatic hydroxyl groups excluding tert-OH is 1. The number of rotatable bonds is 1. The van der Waals surface area contributed by atoms with E-state index >= 15 is 0 Å². The third-order valence-electron chi connectivity index (χ3n) is 8.64. The molecule has 4 rings (SSSR count). The normalized spacial score (nSPS) is 55.3. The van der Waals surface area contributed by atoms with Crippen LogP contribution in [0.15, 0.2) is 11.6 Å². The Bertz CT molecular complexity index is 698. The van der Waals surface area contributed by atoms with Crippen LogP contribution in [0.2, 0.25) is 0 Å². The van der Waals surface area contributed by atoms with Crippen LogP contribution in [0.4, 0.5) is 0 Å². The van der Waals surface area contributed by atoms with Crippen molar-refractivity contribution in [3.63, 3.8) is 0 Å². The van der Waals surface area contributed by atoms with Crippen LogP contribution in [0.5, 0.6) is 0 Å². The summed E-state index contributed by atoms with van der Waals surface area (Å²) in [6.45, 7) is 10.2. The van der Waals surface area contributed by atoms with Gasteiger partial charge in [-0.2, -0.15) is 0 Å². The van der Waals surface area contributed by atoms with E-state index in [0.29, 0.717) is 12.3 Å². The molecule has 146 valence electrons. The zero-order chi connectivity index (χ0) is 20.0. The number of fused-ring (bicyclic) bond motifs is 3. The molecule has 0 aromatic rings. The van der Waals surface area contributed by atoms with E-state index in [-0.39, 0.29) is 28.8 Å². The molecule has 0 unspecified atom stereocenters. The first-order valence-corrected chi connectivity index (χ1v) is 10.1. The van der Waals surface area contributed by atoms with Crippen LogP contribution < -0.4 is 0 Å². The third-order valence-corrected chi connectivity index (χ3v) is 8.64. The Morgan fingerprint density at radius 2 is 1.92 bits per heavy atom. The van der Waals surface area contributed by atoms with Crippen LogP contribution in [-0.2, 0) is 9.53 Å². The van der Waals surface area contributed by atoms with E-state index < -0.39 is 23.5 Å². The first-order valence-electron chi connectivity index (χ1n) is 10.6. The van der Waals surface area contributed by atoms with Crippen molar-refractivity contribution in [3.8, 4) is 0 Å². The summed E-state index contributed by atoms with van der Waals surface area (Å²) in [7, 11) is 0. The molecule has 8 atom stereocenters. The summed E-state index contributed by atoms with van der Waals surface area (Å²) >= 11 is 0. The molecule has 2 N–H and O–H groups in total. The van der Waals surface area contributed by atoms with Crippen molar-refractivity contribution in [2.24, 2.45) is 34.0 Å². The lowest BCUT2D eigenvalue weighted by Crippen LogP contribution is -2.66. The Labute approximate surface area is 158 Å². The second-order valence-electron chi connectivity index (χ2n) is 10.3. The van der Waals surface area contributed by atoms with Gasteiger partial charge in [0.05, 0.1) is 13.6 Å². The molecule has 4 nitrogen and oxygen atoms in total. The maximum Gasteiger partial charge on any atom is 0.302 e. The van der Waals surface area contributed by atoms with Gasteiger partial charge < -0.3 is 14.9 Å². The Balaban J connectivity index is 1.87. The van der Waals surface area contributed by atoms with Crippen LogP contribution >= 0.6 is 0 Å². The molecule has 0 saturated heterocycles. The van der Waals surface area contributed by atoms with Crippen LogP contribution in [0.1, 0.15) is 68.1 Å². The highest BCUT2D eigenvalue weighted by atomic mass is 16.5. The zero-order valence-corrected chi connectivity index (χ0v) is 16.7. The predicted octanol–water partition coefficient (Wildman–Crippen LogP) is 3.46. The molecule has 4 aliphatic rings. The third kappa shape index (κ3) is 2.18. The molecule has 1 spiro atoms. The molecule has 0 radical (unpaired) electrons. The first kappa shape index (κ1) is 17.2. The quantitative estimate of drug-likeness (QED) is 0.553. The van der Waals surface area contributed by atoms with Gasteiger partial charge in [-0.15, -0.1) is 0 Å². The van der Waals surface area contributed by atoms with Gasteiger partial charge >= 0.3 is 5.97 Å². The highest BCUT2D eigenvalue weighted by Crippen LogP contribution is 2.70. The number of aliphatic hydroxyl groups is 2. The van der Waals surface area contributed by atoms with Crippen molar-refractivity contribution in [1.82, 2.24) is 0 Å². The van der Waals surface area contributed by atoms with E-state index in [4.69, 9.17) is 6.11 Å². The monoisotopic (exact) mass is 363 g/mol. The molecule has 0 aromatic heterocycles. The SMILES string of the molecule is [2H][C@@]1(O)C[C@@H]2[C@@]3(C=C(C)[C@H]1[C@H]3O)CC[C@@H]1C(C)(C)CC[C@H](OC(C)=O)[C@]12C. The minimum absolute atomic E-state index is 0.0844. The smallest absolute Gasteiger partial charge is 0.302 e. The van der Waals surface area contributed by atoms with Gasteiger partial charge in [-0.1, -0.05) is 32.4 Å². The average Bonchev–Trinajstić information content (AvgIpc) is 2.71. The second-order valence-corrected chi connectivity index (χ2v) is 10.3. The van der Waals surface area contributed by atoms with Crippen LogP contribution in [-0.4, -0.2) is 34.5 Å². The van der Waals surface area contributed by atoms with Gasteiger partial charge in [0.2, 0.25) is 0 Å². The lowest BCUT2D eigenvalue weighted by Gasteiger charge is -2.66. The van der Waals surface area contributed by atoms with Gasteiger partial charge in [0.1, 0.15) is 6.10 Å². The maximum absolute atomic E-state index is 11.9. The van der Waals surface area contributed by atoms with Crippen molar-refractivity contribution in [2.45, 2.75) is 85.0 Å².